The Balaban J connectivity index is 1.46. The van der Waals surface area contributed by atoms with Crippen molar-refractivity contribution in [2.75, 3.05) is 13.3 Å². The summed E-state index contributed by atoms with van der Waals surface area (Å²) in [4.78, 5) is 4.65. The molecule has 27 heavy (non-hydrogen) atoms. The number of nitrogens with one attached hydrogen (secondary N) is 2. The highest BCUT2D eigenvalue weighted by molar-refractivity contribution is 9.10. The average molecular weight is 431 g/mol. The van der Waals surface area contributed by atoms with Crippen LogP contribution in [0.25, 0.3) is 5.65 Å². The molecule has 2 aromatic heterocycles. The summed E-state index contributed by atoms with van der Waals surface area (Å²) in [5, 5.41) is 14.9. The topological polar surface area (TPSA) is 85.1 Å². The molecule has 2 N–H and O–H groups in total. The maximum absolute atomic E-state index is 5.46. The molecule has 0 unspecified atom stereocenters. The van der Waals surface area contributed by atoms with Gasteiger partial charge in [0.2, 0.25) is 6.79 Å². The molecule has 0 amide bonds. The monoisotopic (exact) mass is 430 g/mol. The van der Waals surface area contributed by atoms with Gasteiger partial charge >= 0.3 is 0 Å². The predicted molar refractivity (Wildman–Crippen MR) is 105 cm³/mol. The van der Waals surface area contributed by atoms with E-state index in [1.54, 1.807) is 0 Å². The van der Waals surface area contributed by atoms with E-state index < -0.39 is 0 Å². The lowest BCUT2D eigenvalue weighted by Gasteiger charge is -2.11. The van der Waals surface area contributed by atoms with Gasteiger partial charge in [-0.2, -0.15) is 0 Å². The van der Waals surface area contributed by atoms with E-state index in [0.717, 1.165) is 39.6 Å². The number of aliphatic imine (C=N–C) groups is 1. The van der Waals surface area contributed by atoms with Crippen molar-refractivity contribution in [3.8, 4) is 11.5 Å². The SMILES string of the molecule is CCNC(=NCc1cc(Br)c2c(c1)OCO2)NCc1nnc2ccccn12. The zero-order valence-corrected chi connectivity index (χ0v) is 16.4. The summed E-state index contributed by atoms with van der Waals surface area (Å²) >= 11 is 3.51. The van der Waals surface area contributed by atoms with Crippen molar-refractivity contribution in [3.05, 3.63) is 52.4 Å². The molecule has 140 valence electrons. The van der Waals surface area contributed by atoms with Crippen LogP contribution < -0.4 is 20.1 Å². The first-order valence-corrected chi connectivity index (χ1v) is 9.42. The fourth-order valence-corrected chi connectivity index (χ4v) is 3.40. The van der Waals surface area contributed by atoms with Gasteiger partial charge in [0.25, 0.3) is 0 Å². The van der Waals surface area contributed by atoms with Crippen LogP contribution in [0.3, 0.4) is 0 Å². The van der Waals surface area contributed by atoms with E-state index in [2.05, 4.69) is 41.8 Å². The van der Waals surface area contributed by atoms with Gasteiger partial charge in [-0.1, -0.05) is 6.07 Å². The molecule has 0 aliphatic carbocycles. The summed E-state index contributed by atoms with van der Waals surface area (Å²) in [6.45, 7) is 4.06. The van der Waals surface area contributed by atoms with Crippen LogP contribution >= 0.6 is 15.9 Å². The second-order valence-electron chi connectivity index (χ2n) is 5.91. The molecular formula is C18H19BrN6O2. The third kappa shape index (κ3) is 3.82. The van der Waals surface area contributed by atoms with Gasteiger partial charge in [-0.25, -0.2) is 4.99 Å². The Morgan fingerprint density at radius 1 is 1.26 bits per heavy atom. The second-order valence-corrected chi connectivity index (χ2v) is 6.76. The van der Waals surface area contributed by atoms with Gasteiger partial charge in [0.1, 0.15) is 0 Å². The molecule has 0 bridgehead atoms. The van der Waals surface area contributed by atoms with Crippen LogP contribution in [0.1, 0.15) is 18.3 Å². The van der Waals surface area contributed by atoms with Crippen LogP contribution in [-0.2, 0) is 13.1 Å². The molecule has 1 aliphatic heterocycles. The van der Waals surface area contributed by atoms with Crippen LogP contribution in [0.15, 0.2) is 46.0 Å². The second kappa shape index (κ2) is 7.83. The number of rotatable bonds is 5. The van der Waals surface area contributed by atoms with Gasteiger partial charge in [-0.05, 0) is 52.7 Å². The number of benzene rings is 1. The van der Waals surface area contributed by atoms with E-state index in [4.69, 9.17) is 9.47 Å². The van der Waals surface area contributed by atoms with E-state index >= 15 is 0 Å². The predicted octanol–water partition coefficient (Wildman–Crippen LogP) is 2.48. The van der Waals surface area contributed by atoms with Gasteiger partial charge in [-0.15, -0.1) is 10.2 Å². The number of ether oxygens (including phenoxy) is 2. The summed E-state index contributed by atoms with van der Waals surface area (Å²) in [6, 6.07) is 9.76. The minimum Gasteiger partial charge on any atom is -0.454 e. The molecule has 4 rings (SSSR count). The minimum absolute atomic E-state index is 0.247. The van der Waals surface area contributed by atoms with E-state index in [1.807, 2.05) is 47.9 Å². The highest BCUT2D eigenvalue weighted by atomic mass is 79.9. The number of hydrogen-bond acceptors (Lipinski definition) is 5. The summed E-state index contributed by atoms with van der Waals surface area (Å²) in [7, 11) is 0. The van der Waals surface area contributed by atoms with Gasteiger partial charge in [0.15, 0.2) is 28.9 Å². The fraction of sp³-hybridized carbons (Fsp3) is 0.278. The van der Waals surface area contributed by atoms with Crippen LogP contribution in [-0.4, -0.2) is 33.9 Å². The smallest absolute Gasteiger partial charge is 0.231 e. The Morgan fingerprint density at radius 3 is 3.07 bits per heavy atom. The maximum atomic E-state index is 5.46. The number of fused-ring (bicyclic) bond motifs is 2. The average Bonchev–Trinajstić information content (AvgIpc) is 3.31. The molecule has 0 spiro atoms. The Bertz CT molecular complexity index is 987. The highest BCUT2D eigenvalue weighted by Gasteiger charge is 2.17. The molecule has 8 nitrogen and oxygen atoms in total. The van der Waals surface area contributed by atoms with Crippen molar-refractivity contribution in [2.45, 2.75) is 20.0 Å². The summed E-state index contributed by atoms with van der Waals surface area (Å²) in [5.74, 6) is 3.01. The van der Waals surface area contributed by atoms with Crippen molar-refractivity contribution < 1.29 is 9.47 Å². The molecule has 3 heterocycles. The number of halogens is 1. The van der Waals surface area contributed by atoms with Crippen LogP contribution in [0.2, 0.25) is 0 Å². The van der Waals surface area contributed by atoms with Crippen LogP contribution in [0.4, 0.5) is 0 Å². The van der Waals surface area contributed by atoms with E-state index in [0.29, 0.717) is 19.0 Å². The van der Waals surface area contributed by atoms with Crippen LogP contribution in [0, 0.1) is 0 Å². The molecule has 0 atom stereocenters. The van der Waals surface area contributed by atoms with Gasteiger partial charge in [0.05, 0.1) is 17.6 Å². The van der Waals surface area contributed by atoms with E-state index in [1.165, 1.54) is 0 Å². The standard InChI is InChI=1S/C18H19BrN6O2/c1-2-20-18(22-10-16-24-23-15-5-3-4-6-25(15)16)21-9-12-7-13(19)17-14(8-12)26-11-27-17/h3-8H,2,9-11H2,1H3,(H2,20,21,22). The van der Waals surface area contributed by atoms with Crippen molar-refractivity contribution >= 4 is 27.5 Å². The molecule has 0 saturated heterocycles. The molecule has 0 radical (unpaired) electrons. The summed E-state index contributed by atoms with van der Waals surface area (Å²) < 4.78 is 13.7. The maximum Gasteiger partial charge on any atom is 0.231 e. The number of nitrogens with zero attached hydrogens (tertiary/aromatic N) is 4. The zero-order valence-electron chi connectivity index (χ0n) is 14.8. The van der Waals surface area contributed by atoms with Gasteiger partial charge in [0, 0.05) is 12.7 Å². The number of hydrogen-bond donors (Lipinski definition) is 2. The molecule has 9 heteroatoms. The lowest BCUT2D eigenvalue weighted by Crippen LogP contribution is -2.37. The first-order chi connectivity index (χ1) is 13.2. The molecule has 1 aromatic carbocycles. The zero-order chi connectivity index (χ0) is 18.6. The van der Waals surface area contributed by atoms with Crippen molar-refractivity contribution in [1.29, 1.82) is 0 Å². The van der Waals surface area contributed by atoms with Gasteiger partial charge in [-0.3, -0.25) is 4.40 Å². The van der Waals surface area contributed by atoms with Crippen LogP contribution in [0.5, 0.6) is 11.5 Å². The molecular weight excluding hydrogens is 412 g/mol. The summed E-state index contributed by atoms with van der Waals surface area (Å²) in [5.41, 5.74) is 1.85. The first-order valence-electron chi connectivity index (χ1n) is 8.63. The minimum atomic E-state index is 0.247. The van der Waals surface area contributed by atoms with Crippen molar-refractivity contribution in [3.63, 3.8) is 0 Å². The van der Waals surface area contributed by atoms with E-state index in [-0.39, 0.29) is 6.79 Å². The quantitative estimate of drug-likeness (QED) is 0.477. The highest BCUT2D eigenvalue weighted by Crippen LogP contribution is 2.40. The molecule has 1 aliphatic rings. The fourth-order valence-electron chi connectivity index (χ4n) is 2.80. The lowest BCUT2D eigenvalue weighted by molar-refractivity contribution is 0.173. The van der Waals surface area contributed by atoms with Gasteiger partial charge < -0.3 is 20.1 Å². The van der Waals surface area contributed by atoms with Crippen molar-refractivity contribution in [1.82, 2.24) is 25.2 Å². The first kappa shape index (κ1) is 17.6. The van der Waals surface area contributed by atoms with Crippen molar-refractivity contribution in [2.24, 2.45) is 4.99 Å². The third-order valence-corrected chi connectivity index (χ3v) is 4.64. The Labute approximate surface area is 164 Å². The largest absolute Gasteiger partial charge is 0.454 e. The Hall–Kier alpha value is -2.81. The summed E-state index contributed by atoms with van der Waals surface area (Å²) in [6.07, 6.45) is 1.94. The number of guanidine groups is 1. The Kier molecular flexibility index (Phi) is 5.10. The van der Waals surface area contributed by atoms with E-state index in [9.17, 15) is 0 Å². The molecule has 0 fully saturated rings. The number of aromatic nitrogens is 3. The normalized spacial score (nSPS) is 13.2. The third-order valence-electron chi connectivity index (χ3n) is 4.05. The molecule has 0 saturated carbocycles. The Morgan fingerprint density at radius 2 is 2.19 bits per heavy atom. The lowest BCUT2D eigenvalue weighted by atomic mass is 10.2. The number of pyridine rings is 1. The molecule has 3 aromatic rings.